The van der Waals surface area contributed by atoms with Crippen molar-refractivity contribution in [2.24, 2.45) is 0 Å². The van der Waals surface area contributed by atoms with Crippen LogP contribution in [0.3, 0.4) is 0 Å². The smallest absolute Gasteiger partial charge is 0.475 e. The molecule has 216 valence electrons. The Bertz CT molecular complexity index is 1270. The van der Waals surface area contributed by atoms with Crippen LogP contribution in [0.5, 0.6) is 0 Å². The SMILES string of the molecule is CCCCN(C)C(=O)c1cc(NS(=O)(=O)c2cc(C)ccc2C)cnc1N1CCNCC1.O=C(O)C(F)(F)F. The lowest BCUT2D eigenvalue weighted by Gasteiger charge is -2.30. The number of benzene rings is 1. The number of aromatic nitrogens is 1. The summed E-state index contributed by atoms with van der Waals surface area (Å²) in [6.07, 6.45) is -1.71. The lowest BCUT2D eigenvalue weighted by Crippen LogP contribution is -2.45. The summed E-state index contributed by atoms with van der Waals surface area (Å²) >= 11 is 0. The number of pyridine rings is 1. The highest BCUT2D eigenvalue weighted by Gasteiger charge is 2.38. The van der Waals surface area contributed by atoms with E-state index < -0.39 is 22.2 Å². The largest absolute Gasteiger partial charge is 0.490 e. The van der Waals surface area contributed by atoms with E-state index in [0.29, 0.717) is 23.5 Å². The van der Waals surface area contributed by atoms with Gasteiger partial charge in [0.15, 0.2) is 0 Å². The highest BCUT2D eigenvalue weighted by atomic mass is 32.2. The molecule has 2 heterocycles. The molecule has 0 bridgehead atoms. The number of aliphatic carboxylic acids is 1. The van der Waals surface area contributed by atoms with Crippen LogP contribution in [-0.4, -0.2) is 81.2 Å². The summed E-state index contributed by atoms with van der Waals surface area (Å²) in [6.45, 7) is 9.41. The van der Waals surface area contributed by atoms with Crippen LogP contribution in [0, 0.1) is 13.8 Å². The molecule has 14 heteroatoms. The Balaban J connectivity index is 0.000000673. The summed E-state index contributed by atoms with van der Waals surface area (Å²) in [5, 5.41) is 10.4. The zero-order valence-corrected chi connectivity index (χ0v) is 23.1. The Morgan fingerprint density at radius 3 is 2.36 bits per heavy atom. The van der Waals surface area contributed by atoms with Gasteiger partial charge in [-0.3, -0.25) is 9.52 Å². The monoisotopic (exact) mass is 573 g/mol. The highest BCUT2D eigenvalue weighted by Crippen LogP contribution is 2.26. The number of unbranched alkanes of at least 4 members (excludes halogenated alkanes) is 1. The number of rotatable bonds is 8. The van der Waals surface area contributed by atoms with Crippen LogP contribution in [-0.2, 0) is 14.8 Å². The van der Waals surface area contributed by atoms with E-state index in [-0.39, 0.29) is 16.5 Å². The Labute approximate surface area is 226 Å². The average molecular weight is 574 g/mol. The maximum Gasteiger partial charge on any atom is 0.490 e. The number of carboxylic acid groups (broad SMARTS) is 1. The Morgan fingerprint density at radius 1 is 1.18 bits per heavy atom. The molecule has 39 heavy (non-hydrogen) atoms. The van der Waals surface area contributed by atoms with Gasteiger partial charge in [-0.1, -0.05) is 25.5 Å². The summed E-state index contributed by atoms with van der Waals surface area (Å²) in [5.74, 6) is -2.32. The van der Waals surface area contributed by atoms with E-state index in [1.165, 1.54) is 6.20 Å². The standard InChI is InChI=1S/C23H33N5O3S.C2HF3O2/c1-5-6-11-27(4)23(29)20-15-19(16-25-22(20)28-12-9-24-10-13-28)26-32(30,31)21-14-17(2)7-8-18(21)3;3-2(4,5)1(6)7/h7-8,14-16,24,26H,5-6,9-13H2,1-4H3;(H,6,7). The molecule has 0 spiro atoms. The lowest BCUT2D eigenvalue weighted by molar-refractivity contribution is -0.192. The number of hydrogen-bond donors (Lipinski definition) is 3. The number of hydrogen-bond acceptors (Lipinski definition) is 7. The minimum Gasteiger partial charge on any atom is -0.475 e. The molecule has 2 aromatic rings. The van der Waals surface area contributed by atoms with Gasteiger partial charge in [-0.15, -0.1) is 0 Å². The molecule has 1 aromatic heterocycles. The number of piperazine rings is 1. The number of sulfonamides is 1. The number of halogens is 3. The van der Waals surface area contributed by atoms with Crippen molar-refractivity contribution < 1.29 is 36.3 Å². The summed E-state index contributed by atoms with van der Waals surface area (Å²) in [6, 6.07) is 6.91. The normalized spacial score (nSPS) is 13.8. The topological polar surface area (TPSA) is 132 Å². The van der Waals surface area contributed by atoms with Crippen LogP contribution < -0.4 is 14.9 Å². The third kappa shape index (κ3) is 9.10. The van der Waals surface area contributed by atoms with E-state index >= 15 is 0 Å². The first-order valence-corrected chi connectivity index (χ1v) is 13.8. The second kappa shape index (κ2) is 13.6. The molecule has 1 aromatic carbocycles. The maximum absolute atomic E-state index is 13.3. The van der Waals surface area contributed by atoms with Crippen molar-refractivity contribution in [3.8, 4) is 0 Å². The molecule has 10 nitrogen and oxygen atoms in total. The van der Waals surface area contributed by atoms with E-state index in [2.05, 4.69) is 26.8 Å². The first kappa shape index (κ1) is 31.8. The minimum atomic E-state index is -5.08. The number of nitrogens with zero attached hydrogens (tertiary/aromatic N) is 3. The van der Waals surface area contributed by atoms with E-state index in [0.717, 1.165) is 44.6 Å². The number of alkyl halides is 3. The van der Waals surface area contributed by atoms with Gasteiger partial charge >= 0.3 is 12.1 Å². The zero-order valence-electron chi connectivity index (χ0n) is 22.3. The number of carbonyl (C=O) groups excluding carboxylic acids is 1. The molecule has 0 radical (unpaired) electrons. The molecule has 1 fully saturated rings. The van der Waals surface area contributed by atoms with Gasteiger partial charge in [0, 0.05) is 39.8 Å². The molecule has 3 rings (SSSR count). The molecule has 1 amide bonds. The van der Waals surface area contributed by atoms with Crippen molar-refractivity contribution in [2.75, 3.05) is 49.4 Å². The molecule has 0 atom stereocenters. The van der Waals surface area contributed by atoms with Gasteiger partial charge in [0.1, 0.15) is 5.82 Å². The quantitative estimate of drug-likeness (QED) is 0.438. The second-order valence-corrected chi connectivity index (χ2v) is 10.7. The van der Waals surface area contributed by atoms with Crippen molar-refractivity contribution in [2.45, 2.75) is 44.7 Å². The number of carbonyl (C=O) groups is 2. The third-order valence-electron chi connectivity index (χ3n) is 5.84. The van der Waals surface area contributed by atoms with Gasteiger partial charge in [-0.05, 0) is 43.5 Å². The number of carboxylic acids is 1. The Hall–Kier alpha value is -3.39. The second-order valence-electron chi connectivity index (χ2n) is 9.09. The Morgan fingerprint density at radius 2 is 1.79 bits per heavy atom. The molecule has 0 unspecified atom stereocenters. The fraction of sp³-hybridized carbons (Fsp3) is 0.480. The number of aryl methyl sites for hydroxylation is 2. The molecule has 1 saturated heterocycles. The molecule has 0 aliphatic carbocycles. The average Bonchev–Trinajstić information content (AvgIpc) is 2.88. The van der Waals surface area contributed by atoms with E-state index in [4.69, 9.17) is 9.90 Å². The molecule has 1 aliphatic rings. The van der Waals surface area contributed by atoms with Gasteiger partial charge in [0.2, 0.25) is 0 Å². The maximum atomic E-state index is 13.3. The van der Waals surface area contributed by atoms with Crippen LogP contribution >= 0.6 is 0 Å². The summed E-state index contributed by atoms with van der Waals surface area (Å²) < 4.78 is 60.5. The fourth-order valence-electron chi connectivity index (χ4n) is 3.71. The summed E-state index contributed by atoms with van der Waals surface area (Å²) in [7, 11) is -2.05. The fourth-order valence-corrected chi connectivity index (χ4v) is 5.07. The van der Waals surface area contributed by atoms with Crippen LogP contribution in [0.1, 0.15) is 41.3 Å². The van der Waals surface area contributed by atoms with Crippen LogP contribution in [0.25, 0.3) is 0 Å². The van der Waals surface area contributed by atoms with Gasteiger partial charge in [0.05, 0.1) is 22.3 Å². The molecule has 0 saturated carbocycles. The number of amides is 1. The van der Waals surface area contributed by atoms with E-state index in [1.807, 2.05) is 13.0 Å². The Kier molecular flexibility index (Phi) is 11.1. The van der Waals surface area contributed by atoms with Crippen molar-refractivity contribution in [1.82, 2.24) is 15.2 Å². The van der Waals surface area contributed by atoms with Crippen molar-refractivity contribution in [1.29, 1.82) is 0 Å². The van der Waals surface area contributed by atoms with E-state index in [1.54, 1.807) is 37.1 Å². The molecular weight excluding hydrogens is 539 g/mol. The van der Waals surface area contributed by atoms with Gasteiger partial charge in [0.25, 0.3) is 15.9 Å². The summed E-state index contributed by atoms with van der Waals surface area (Å²) in [5.41, 5.74) is 2.20. The van der Waals surface area contributed by atoms with Gasteiger partial charge in [-0.25, -0.2) is 18.2 Å². The number of anilines is 2. The van der Waals surface area contributed by atoms with E-state index in [9.17, 15) is 26.4 Å². The zero-order chi connectivity index (χ0) is 29.4. The number of nitrogens with one attached hydrogen (secondary N) is 2. The molecular formula is C25H34F3N5O5S. The van der Waals surface area contributed by atoms with Crippen LogP contribution in [0.15, 0.2) is 35.4 Å². The molecule has 1 aliphatic heterocycles. The first-order chi connectivity index (χ1) is 18.2. The van der Waals surface area contributed by atoms with Crippen molar-refractivity contribution in [3.63, 3.8) is 0 Å². The highest BCUT2D eigenvalue weighted by molar-refractivity contribution is 7.92. The predicted octanol–water partition coefficient (Wildman–Crippen LogP) is 3.41. The molecule has 3 N–H and O–H groups in total. The van der Waals surface area contributed by atoms with Crippen molar-refractivity contribution >= 4 is 33.4 Å². The summed E-state index contributed by atoms with van der Waals surface area (Å²) in [4.78, 5) is 30.7. The first-order valence-electron chi connectivity index (χ1n) is 12.3. The van der Waals surface area contributed by atoms with Gasteiger partial charge < -0.3 is 20.2 Å². The minimum absolute atomic E-state index is 0.160. The van der Waals surface area contributed by atoms with Gasteiger partial charge in [-0.2, -0.15) is 13.2 Å². The van der Waals surface area contributed by atoms with Crippen LogP contribution in [0.4, 0.5) is 24.7 Å². The lowest BCUT2D eigenvalue weighted by atomic mass is 10.1. The van der Waals surface area contributed by atoms with Crippen molar-refractivity contribution in [3.05, 3.63) is 47.2 Å². The third-order valence-corrected chi connectivity index (χ3v) is 7.36. The predicted molar refractivity (Wildman–Crippen MR) is 142 cm³/mol. The van der Waals surface area contributed by atoms with Crippen LogP contribution in [0.2, 0.25) is 0 Å².